The summed E-state index contributed by atoms with van der Waals surface area (Å²) in [7, 11) is -1.67. The molecule has 9 nitrogen and oxygen atoms in total. The van der Waals surface area contributed by atoms with Gasteiger partial charge in [-0.25, -0.2) is 17.5 Å². The van der Waals surface area contributed by atoms with E-state index in [-0.39, 0.29) is 23.8 Å². The molecule has 1 saturated heterocycles. The number of amides is 1. The number of hydrogen-bond donors (Lipinski definition) is 1. The number of carbonyl (C=O) groups excluding carboxylic acids is 1. The lowest BCUT2D eigenvalue weighted by atomic mass is 10.0. The van der Waals surface area contributed by atoms with Crippen LogP contribution in [0.1, 0.15) is 24.2 Å². The minimum Gasteiger partial charge on any atom is -0.497 e. The van der Waals surface area contributed by atoms with Gasteiger partial charge in [0.05, 0.1) is 19.8 Å². The molecule has 1 N–H and O–H groups in total. The van der Waals surface area contributed by atoms with E-state index in [2.05, 4.69) is 5.32 Å². The van der Waals surface area contributed by atoms with Gasteiger partial charge in [0.2, 0.25) is 15.9 Å². The van der Waals surface area contributed by atoms with Crippen LogP contribution in [0.5, 0.6) is 5.75 Å². The van der Waals surface area contributed by atoms with Gasteiger partial charge < -0.3 is 18.9 Å². The van der Waals surface area contributed by atoms with Crippen LogP contribution in [0.3, 0.4) is 0 Å². The lowest BCUT2D eigenvalue weighted by Gasteiger charge is -2.30. The van der Waals surface area contributed by atoms with Crippen LogP contribution < -0.4 is 15.7 Å². The molecule has 33 heavy (non-hydrogen) atoms. The maximum Gasteiger partial charge on any atom is 0.347 e. The molecule has 2 aromatic heterocycles. The summed E-state index contributed by atoms with van der Waals surface area (Å²) in [5.41, 5.74) is 0.958. The van der Waals surface area contributed by atoms with E-state index in [1.165, 1.54) is 10.6 Å². The Morgan fingerprint density at radius 1 is 1.18 bits per heavy atom. The van der Waals surface area contributed by atoms with Gasteiger partial charge in [-0.15, -0.1) is 0 Å². The van der Waals surface area contributed by atoms with Crippen LogP contribution in [0.2, 0.25) is 0 Å². The third kappa shape index (κ3) is 4.96. The molecule has 1 fully saturated rings. The number of rotatable bonds is 6. The van der Waals surface area contributed by atoms with Gasteiger partial charge in [0.25, 0.3) is 0 Å². The molecule has 0 spiro atoms. The van der Waals surface area contributed by atoms with E-state index in [1.54, 1.807) is 44.4 Å². The zero-order chi connectivity index (χ0) is 23.8. The van der Waals surface area contributed by atoms with Gasteiger partial charge in [0.15, 0.2) is 0 Å². The van der Waals surface area contributed by atoms with Crippen LogP contribution in [0, 0.1) is 6.92 Å². The van der Waals surface area contributed by atoms with Crippen molar-refractivity contribution in [2.75, 3.05) is 26.5 Å². The maximum absolute atomic E-state index is 12.9. The third-order valence-electron chi connectivity index (χ3n) is 5.80. The summed E-state index contributed by atoms with van der Waals surface area (Å²) in [6.07, 6.45) is 2.16. The number of fused-ring (bicyclic) bond motifs is 1. The average Bonchev–Trinajstić information content (AvgIpc) is 3.11. The molecule has 1 aliphatic heterocycles. The van der Waals surface area contributed by atoms with Crippen molar-refractivity contribution in [2.24, 2.45) is 0 Å². The van der Waals surface area contributed by atoms with E-state index >= 15 is 0 Å². The predicted molar refractivity (Wildman–Crippen MR) is 123 cm³/mol. The minimum atomic E-state index is -3.24. The van der Waals surface area contributed by atoms with Crippen molar-refractivity contribution in [3.05, 3.63) is 52.1 Å². The van der Waals surface area contributed by atoms with Crippen LogP contribution in [-0.2, 0) is 21.2 Å². The lowest BCUT2D eigenvalue weighted by molar-refractivity contribution is -0.121. The zero-order valence-corrected chi connectivity index (χ0v) is 19.5. The first-order valence-corrected chi connectivity index (χ1v) is 12.5. The minimum absolute atomic E-state index is 0.0749. The Kier molecular flexibility index (Phi) is 6.31. The summed E-state index contributed by atoms with van der Waals surface area (Å²) in [5.74, 6) is 1.24. The molecule has 0 bridgehead atoms. The molecule has 3 aromatic rings. The number of ether oxygens (including phenoxy) is 1. The van der Waals surface area contributed by atoms with Gasteiger partial charge in [-0.05, 0) is 44.0 Å². The van der Waals surface area contributed by atoms with Crippen LogP contribution in [0.25, 0.3) is 22.3 Å². The fraction of sp³-hybridized carbons (Fsp3) is 0.391. The van der Waals surface area contributed by atoms with Crippen molar-refractivity contribution < 1.29 is 26.8 Å². The molecule has 1 aliphatic rings. The first-order chi connectivity index (χ1) is 15.7. The van der Waals surface area contributed by atoms with E-state index < -0.39 is 15.6 Å². The summed E-state index contributed by atoms with van der Waals surface area (Å²) in [4.78, 5) is 25.6. The Labute approximate surface area is 191 Å². The quantitative estimate of drug-likeness (QED) is 0.583. The molecule has 0 saturated carbocycles. The van der Waals surface area contributed by atoms with E-state index in [0.717, 1.165) is 0 Å². The van der Waals surface area contributed by atoms with Gasteiger partial charge in [0.1, 0.15) is 28.2 Å². The highest BCUT2D eigenvalue weighted by Crippen LogP contribution is 2.34. The summed E-state index contributed by atoms with van der Waals surface area (Å²) in [6.45, 7) is 2.38. The van der Waals surface area contributed by atoms with E-state index in [9.17, 15) is 18.0 Å². The van der Waals surface area contributed by atoms with Gasteiger partial charge >= 0.3 is 5.63 Å². The Hall–Kier alpha value is -3.11. The highest BCUT2D eigenvalue weighted by Gasteiger charge is 2.27. The zero-order valence-electron chi connectivity index (χ0n) is 18.7. The molecule has 1 amide bonds. The highest BCUT2D eigenvalue weighted by molar-refractivity contribution is 7.88. The third-order valence-corrected chi connectivity index (χ3v) is 7.11. The van der Waals surface area contributed by atoms with Crippen molar-refractivity contribution in [1.29, 1.82) is 0 Å². The molecule has 0 unspecified atom stereocenters. The van der Waals surface area contributed by atoms with Crippen LogP contribution in [0.4, 0.5) is 0 Å². The predicted octanol–water partition coefficient (Wildman–Crippen LogP) is 2.45. The highest BCUT2D eigenvalue weighted by atomic mass is 32.2. The number of furan rings is 1. The molecular weight excluding hydrogens is 448 g/mol. The average molecular weight is 475 g/mol. The first-order valence-electron chi connectivity index (χ1n) is 10.6. The van der Waals surface area contributed by atoms with Gasteiger partial charge in [-0.3, -0.25) is 4.79 Å². The molecular formula is C23H26N2O7S. The fourth-order valence-electron chi connectivity index (χ4n) is 4.14. The fourth-order valence-corrected chi connectivity index (χ4v) is 5.01. The number of hydrogen-bond acceptors (Lipinski definition) is 7. The van der Waals surface area contributed by atoms with Crippen molar-refractivity contribution in [2.45, 2.75) is 32.2 Å². The Morgan fingerprint density at radius 3 is 2.45 bits per heavy atom. The molecule has 0 aliphatic carbocycles. The Balaban J connectivity index is 1.61. The first kappa shape index (κ1) is 23.1. The lowest BCUT2D eigenvalue weighted by Crippen LogP contribution is -2.46. The molecule has 1 aromatic carbocycles. The topological polar surface area (TPSA) is 119 Å². The van der Waals surface area contributed by atoms with Crippen LogP contribution in [0.15, 0.2) is 44.0 Å². The second-order valence-corrected chi connectivity index (χ2v) is 10.2. The molecule has 10 heteroatoms. The maximum atomic E-state index is 12.9. The number of aryl methyl sites for hydroxylation is 1. The van der Waals surface area contributed by atoms with Crippen molar-refractivity contribution in [3.8, 4) is 17.1 Å². The van der Waals surface area contributed by atoms with Gasteiger partial charge in [-0.1, -0.05) is 0 Å². The number of sulfonamides is 1. The van der Waals surface area contributed by atoms with E-state index in [4.69, 9.17) is 13.6 Å². The smallest absolute Gasteiger partial charge is 0.347 e. The summed E-state index contributed by atoms with van der Waals surface area (Å²) in [5, 5.41) is 3.21. The molecule has 3 heterocycles. The number of piperidine rings is 1. The van der Waals surface area contributed by atoms with Gasteiger partial charge in [-0.2, -0.15) is 0 Å². The second-order valence-electron chi connectivity index (χ2n) is 8.20. The van der Waals surface area contributed by atoms with Crippen molar-refractivity contribution >= 4 is 26.9 Å². The van der Waals surface area contributed by atoms with E-state index in [0.29, 0.717) is 59.9 Å². The van der Waals surface area contributed by atoms with E-state index in [1.807, 2.05) is 0 Å². The van der Waals surface area contributed by atoms with Crippen molar-refractivity contribution in [3.63, 3.8) is 0 Å². The van der Waals surface area contributed by atoms with Crippen molar-refractivity contribution in [1.82, 2.24) is 9.62 Å². The van der Waals surface area contributed by atoms with Gasteiger partial charge in [0, 0.05) is 36.3 Å². The van der Waals surface area contributed by atoms with Crippen LogP contribution in [-0.4, -0.2) is 51.1 Å². The Bertz CT molecular complexity index is 1330. The molecule has 0 radical (unpaired) electrons. The second kappa shape index (κ2) is 9.03. The molecule has 0 atom stereocenters. The number of benzene rings is 1. The summed E-state index contributed by atoms with van der Waals surface area (Å²) in [6, 6.07) is 8.63. The number of carbonyl (C=O) groups is 1. The monoisotopic (exact) mass is 474 g/mol. The largest absolute Gasteiger partial charge is 0.497 e. The Morgan fingerprint density at radius 2 is 1.85 bits per heavy atom. The van der Waals surface area contributed by atoms with Crippen LogP contribution >= 0.6 is 0 Å². The number of nitrogens with one attached hydrogen (secondary N) is 1. The SMILES string of the molecule is COc1ccc(-c2oc3cc(C)oc(=O)c3c2CC(=O)NC2CCN(S(C)(=O)=O)CC2)cc1. The normalized spacial score (nSPS) is 15.6. The summed E-state index contributed by atoms with van der Waals surface area (Å²) >= 11 is 0. The number of nitrogens with zero attached hydrogens (tertiary/aromatic N) is 1. The number of methoxy groups -OCH3 is 1. The standard InChI is InChI=1S/C23H26N2O7S/c1-14-12-19-21(23(27)31-14)18(22(32-19)15-4-6-17(30-2)7-5-15)13-20(26)24-16-8-10-25(11-9-16)33(3,28)29/h4-7,12,16H,8-11,13H2,1-3H3,(H,24,26). The molecule has 4 rings (SSSR count). The summed E-state index contributed by atoms with van der Waals surface area (Å²) < 4.78 is 41.3. The molecule has 176 valence electrons.